The average Bonchev–Trinajstić information content (AvgIpc) is 3.02. The summed E-state index contributed by atoms with van der Waals surface area (Å²) in [4.78, 5) is 11.5. The number of pyridine rings is 1. The maximum Gasteiger partial charge on any atom is 0.152 e. The Balaban J connectivity index is 1.87. The largest absolute Gasteiger partial charge is 0.388 e. The Morgan fingerprint density at radius 3 is 2.70 bits per heavy atom. The maximum atomic E-state index is 11.2. The van der Waals surface area contributed by atoms with E-state index in [4.69, 9.17) is 15.5 Å². The van der Waals surface area contributed by atoms with Crippen LogP contribution in [0.15, 0.2) is 24.3 Å². The van der Waals surface area contributed by atoms with Gasteiger partial charge in [0.2, 0.25) is 0 Å². The molecular formula is C20H27N5O2. The van der Waals surface area contributed by atoms with Gasteiger partial charge in [0, 0.05) is 25.1 Å². The molecule has 0 unspecified atom stereocenters. The van der Waals surface area contributed by atoms with Crippen molar-refractivity contribution in [1.29, 1.82) is 0 Å². The van der Waals surface area contributed by atoms with Crippen LogP contribution in [-0.2, 0) is 17.9 Å². The van der Waals surface area contributed by atoms with E-state index in [9.17, 15) is 5.11 Å². The van der Waals surface area contributed by atoms with E-state index in [1.807, 2.05) is 31.2 Å². The van der Waals surface area contributed by atoms with Gasteiger partial charge in [-0.05, 0) is 32.9 Å². The number of aliphatic hydroxyl groups is 1. The number of nitrogen functional groups attached to an aromatic ring is 1. The van der Waals surface area contributed by atoms with Crippen molar-refractivity contribution in [3.63, 3.8) is 0 Å². The van der Waals surface area contributed by atoms with Gasteiger partial charge >= 0.3 is 0 Å². The first kappa shape index (κ1) is 18.2. The SMILES string of the molecule is CCOCc1nc2c(N)nc3ccccc3c2n1CC1(O)CCN(C)CC1. The van der Waals surface area contributed by atoms with Crippen LogP contribution in [0.5, 0.6) is 0 Å². The van der Waals surface area contributed by atoms with Crippen LogP contribution in [0.4, 0.5) is 5.82 Å². The first-order chi connectivity index (χ1) is 13.0. The molecule has 7 heteroatoms. The van der Waals surface area contributed by atoms with E-state index >= 15 is 0 Å². The van der Waals surface area contributed by atoms with E-state index in [2.05, 4.69) is 21.5 Å². The minimum Gasteiger partial charge on any atom is -0.388 e. The van der Waals surface area contributed by atoms with Gasteiger partial charge in [-0.1, -0.05) is 18.2 Å². The molecular weight excluding hydrogens is 342 g/mol. The van der Waals surface area contributed by atoms with Gasteiger partial charge in [-0.2, -0.15) is 0 Å². The van der Waals surface area contributed by atoms with Gasteiger partial charge < -0.3 is 25.0 Å². The minimum absolute atomic E-state index is 0.384. The maximum absolute atomic E-state index is 11.2. The molecule has 4 rings (SSSR count). The Hall–Kier alpha value is -2.22. The number of anilines is 1. The molecule has 2 aromatic heterocycles. The summed E-state index contributed by atoms with van der Waals surface area (Å²) in [5.41, 5.74) is 7.90. The third-order valence-electron chi connectivity index (χ3n) is 5.49. The monoisotopic (exact) mass is 369 g/mol. The van der Waals surface area contributed by atoms with Crippen molar-refractivity contribution in [2.24, 2.45) is 0 Å². The molecule has 1 aliphatic rings. The first-order valence-corrected chi connectivity index (χ1v) is 9.53. The number of likely N-dealkylation sites (tertiary alicyclic amines) is 1. The molecule has 1 aromatic carbocycles. The number of rotatable bonds is 5. The average molecular weight is 369 g/mol. The Kier molecular flexibility index (Phi) is 4.75. The van der Waals surface area contributed by atoms with Gasteiger partial charge in [-0.15, -0.1) is 0 Å². The third kappa shape index (κ3) is 3.38. The van der Waals surface area contributed by atoms with Crippen LogP contribution in [0, 0.1) is 0 Å². The van der Waals surface area contributed by atoms with E-state index in [1.165, 1.54) is 0 Å². The molecule has 0 bridgehead atoms. The highest BCUT2D eigenvalue weighted by atomic mass is 16.5. The van der Waals surface area contributed by atoms with Crippen LogP contribution >= 0.6 is 0 Å². The van der Waals surface area contributed by atoms with Crippen LogP contribution in [0.3, 0.4) is 0 Å². The smallest absolute Gasteiger partial charge is 0.152 e. The Bertz CT molecular complexity index is 960. The van der Waals surface area contributed by atoms with Gasteiger partial charge in [0.1, 0.15) is 17.9 Å². The second-order valence-corrected chi connectivity index (χ2v) is 7.49. The number of nitrogens with zero attached hydrogens (tertiary/aromatic N) is 4. The number of piperidine rings is 1. The molecule has 144 valence electrons. The molecule has 7 nitrogen and oxygen atoms in total. The van der Waals surface area contributed by atoms with Crippen molar-refractivity contribution in [2.45, 2.75) is 38.5 Å². The highest BCUT2D eigenvalue weighted by molar-refractivity contribution is 6.06. The molecule has 1 aliphatic heterocycles. The number of fused-ring (bicyclic) bond motifs is 3. The lowest BCUT2D eigenvalue weighted by molar-refractivity contribution is -0.0296. The van der Waals surface area contributed by atoms with E-state index in [-0.39, 0.29) is 0 Å². The fraction of sp³-hybridized carbons (Fsp3) is 0.500. The third-order valence-corrected chi connectivity index (χ3v) is 5.49. The van der Waals surface area contributed by atoms with Gasteiger partial charge in [0.15, 0.2) is 5.82 Å². The van der Waals surface area contributed by atoms with Gasteiger partial charge in [0.25, 0.3) is 0 Å². The Morgan fingerprint density at radius 2 is 1.96 bits per heavy atom. The summed E-state index contributed by atoms with van der Waals surface area (Å²) in [5.74, 6) is 1.19. The quantitative estimate of drug-likeness (QED) is 0.716. The van der Waals surface area contributed by atoms with E-state index in [1.54, 1.807) is 0 Å². The molecule has 27 heavy (non-hydrogen) atoms. The molecule has 1 saturated heterocycles. The predicted octanol–water partition coefficient (Wildman–Crippen LogP) is 2.16. The molecule has 1 fully saturated rings. The van der Waals surface area contributed by atoms with Crippen molar-refractivity contribution in [3.8, 4) is 0 Å². The lowest BCUT2D eigenvalue weighted by atomic mass is 9.91. The fourth-order valence-corrected chi connectivity index (χ4v) is 3.87. The zero-order valence-corrected chi connectivity index (χ0v) is 16.0. The van der Waals surface area contributed by atoms with Crippen molar-refractivity contribution < 1.29 is 9.84 Å². The van der Waals surface area contributed by atoms with Crippen LogP contribution in [-0.4, -0.2) is 56.9 Å². The number of para-hydroxylation sites is 1. The van der Waals surface area contributed by atoms with Gasteiger partial charge in [0.05, 0.1) is 23.2 Å². The van der Waals surface area contributed by atoms with Crippen molar-refractivity contribution in [1.82, 2.24) is 19.4 Å². The Morgan fingerprint density at radius 1 is 1.22 bits per heavy atom. The number of hydrogen-bond acceptors (Lipinski definition) is 6. The molecule has 0 aliphatic carbocycles. The van der Waals surface area contributed by atoms with Crippen LogP contribution < -0.4 is 5.73 Å². The topological polar surface area (TPSA) is 89.4 Å². The first-order valence-electron chi connectivity index (χ1n) is 9.53. The van der Waals surface area contributed by atoms with Gasteiger partial charge in [-0.3, -0.25) is 0 Å². The van der Waals surface area contributed by atoms with Crippen molar-refractivity contribution in [3.05, 3.63) is 30.1 Å². The van der Waals surface area contributed by atoms with E-state index in [0.29, 0.717) is 31.1 Å². The molecule has 0 saturated carbocycles. The summed E-state index contributed by atoms with van der Waals surface area (Å²) < 4.78 is 7.74. The lowest BCUT2D eigenvalue weighted by Crippen LogP contribution is -2.45. The number of ether oxygens (including phenoxy) is 1. The summed E-state index contributed by atoms with van der Waals surface area (Å²) >= 11 is 0. The predicted molar refractivity (Wildman–Crippen MR) is 106 cm³/mol. The van der Waals surface area contributed by atoms with Crippen LogP contribution in [0.2, 0.25) is 0 Å². The number of aromatic nitrogens is 3. The number of hydrogen-bond donors (Lipinski definition) is 2. The zero-order valence-electron chi connectivity index (χ0n) is 16.0. The molecule has 0 spiro atoms. The summed E-state index contributed by atoms with van der Waals surface area (Å²) in [7, 11) is 2.09. The fourth-order valence-electron chi connectivity index (χ4n) is 3.87. The number of imidazole rings is 1. The molecule has 3 aromatic rings. The van der Waals surface area contributed by atoms with Crippen molar-refractivity contribution >= 4 is 27.8 Å². The standard InChI is InChI=1S/C20H27N5O2/c1-3-27-12-16-23-17-18(14-6-4-5-7-15(14)22-19(17)21)25(16)13-20(26)8-10-24(2)11-9-20/h4-7,26H,3,8-13H2,1-2H3,(H2,21,22). The van der Waals surface area contributed by atoms with Crippen molar-refractivity contribution in [2.75, 3.05) is 32.5 Å². The van der Waals surface area contributed by atoms with Crippen LogP contribution in [0.25, 0.3) is 21.9 Å². The van der Waals surface area contributed by atoms with Gasteiger partial charge in [-0.25, -0.2) is 9.97 Å². The molecule has 0 amide bonds. The molecule has 0 atom stereocenters. The number of nitrogens with two attached hydrogens (primary N) is 1. The summed E-state index contributed by atoms with van der Waals surface area (Å²) in [6.07, 6.45) is 1.46. The number of benzene rings is 1. The van der Waals surface area contributed by atoms with E-state index in [0.717, 1.165) is 48.2 Å². The van der Waals surface area contributed by atoms with Crippen LogP contribution in [0.1, 0.15) is 25.6 Å². The summed E-state index contributed by atoms with van der Waals surface area (Å²) in [6, 6.07) is 7.93. The second-order valence-electron chi connectivity index (χ2n) is 7.49. The summed E-state index contributed by atoms with van der Waals surface area (Å²) in [5, 5.41) is 12.2. The molecule has 3 N–H and O–H groups in total. The lowest BCUT2D eigenvalue weighted by Gasteiger charge is -2.37. The second kappa shape index (κ2) is 7.07. The van der Waals surface area contributed by atoms with E-state index < -0.39 is 5.60 Å². The molecule has 0 radical (unpaired) electrons. The Labute approximate surface area is 158 Å². The molecule has 3 heterocycles. The minimum atomic E-state index is -0.764. The summed E-state index contributed by atoms with van der Waals surface area (Å²) in [6.45, 7) is 5.19. The zero-order chi connectivity index (χ0) is 19.0. The highest BCUT2D eigenvalue weighted by Crippen LogP contribution is 2.32. The normalized spacial score (nSPS) is 17.7. The highest BCUT2D eigenvalue weighted by Gasteiger charge is 2.33.